The van der Waals surface area contributed by atoms with Crippen LogP contribution in [0.5, 0.6) is 0 Å². The van der Waals surface area contributed by atoms with Crippen molar-refractivity contribution in [2.45, 2.75) is 25.7 Å². The number of hydrogen-bond donors (Lipinski definition) is 2. The first-order valence-corrected chi connectivity index (χ1v) is 6.79. The van der Waals surface area contributed by atoms with E-state index in [-0.39, 0.29) is 24.3 Å². The molecular weight excluding hydrogens is 244 g/mol. The Balaban J connectivity index is 0.000000861. The summed E-state index contributed by atoms with van der Waals surface area (Å²) in [6.07, 6.45) is 3.94. The van der Waals surface area contributed by atoms with Crippen LogP contribution in [0.1, 0.15) is 25.7 Å². The highest BCUT2D eigenvalue weighted by Crippen LogP contribution is 2.11. The van der Waals surface area contributed by atoms with Crippen LogP contribution in [0.2, 0.25) is 0 Å². The van der Waals surface area contributed by atoms with Crippen LogP contribution in [0, 0.1) is 17.8 Å². The number of carbonyl (C=O) groups is 2. The van der Waals surface area contributed by atoms with Crippen LogP contribution in [0.25, 0.3) is 0 Å². The number of piperidine rings is 1. The third-order valence-corrected chi connectivity index (χ3v) is 3.58. The minimum Gasteiger partial charge on any atom is -0.347 e. The van der Waals surface area contributed by atoms with Gasteiger partial charge in [-0.25, -0.2) is 5.26 Å². The van der Waals surface area contributed by atoms with E-state index in [0.29, 0.717) is 0 Å². The van der Waals surface area contributed by atoms with E-state index in [1.165, 1.54) is 0 Å². The van der Waals surface area contributed by atoms with Crippen LogP contribution < -0.4 is 10.6 Å². The zero-order valence-electron chi connectivity index (χ0n) is 11.2. The Labute approximate surface area is 114 Å². The van der Waals surface area contributed by atoms with E-state index in [1.807, 2.05) is 4.90 Å². The molecule has 0 aromatic rings. The standard InChI is InChI=1S/C12H21N3O2.CHN/c16-11(15-7-1-2-8-15)9-14-12(17)10-3-5-13-6-4-10;1-2/h10,13H,1-9H2,(H,14,17);1H. The second kappa shape index (κ2) is 8.48. The minimum atomic E-state index is 0.0408. The molecule has 0 atom stereocenters. The maximum Gasteiger partial charge on any atom is 0.241 e. The summed E-state index contributed by atoms with van der Waals surface area (Å²) in [5.41, 5.74) is 0. The van der Waals surface area contributed by atoms with Crippen LogP contribution in [-0.2, 0) is 9.59 Å². The van der Waals surface area contributed by atoms with Crippen LogP contribution in [0.4, 0.5) is 0 Å². The predicted molar refractivity (Wildman–Crippen MR) is 71.1 cm³/mol. The van der Waals surface area contributed by atoms with E-state index >= 15 is 0 Å². The molecule has 19 heavy (non-hydrogen) atoms. The summed E-state index contributed by atoms with van der Waals surface area (Å²) in [7, 11) is 0. The topological polar surface area (TPSA) is 85.2 Å². The van der Waals surface area contributed by atoms with Crippen molar-refractivity contribution in [3.8, 4) is 6.57 Å². The molecule has 2 aliphatic rings. The minimum absolute atomic E-state index is 0.0408. The van der Waals surface area contributed by atoms with Gasteiger partial charge in [0.25, 0.3) is 0 Å². The molecule has 2 amide bonds. The molecular formula is C13H22N4O2. The van der Waals surface area contributed by atoms with Gasteiger partial charge in [0.05, 0.1) is 6.54 Å². The van der Waals surface area contributed by atoms with Crippen LogP contribution in [0.3, 0.4) is 0 Å². The largest absolute Gasteiger partial charge is 0.347 e. The first kappa shape index (κ1) is 15.4. The highest BCUT2D eigenvalue weighted by molar-refractivity contribution is 5.86. The van der Waals surface area contributed by atoms with Crippen molar-refractivity contribution in [1.29, 1.82) is 5.26 Å². The van der Waals surface area contributed by atoms with E-state index in [2.05, 4.69) is 17.2 Å². The summed E-state index contributed by atoms with van der Waals surface area (Å²) in [6, 6.07) is 0. The lowest BCUT2D eigenvalue weighted by molar-refractivity contribution is -0.133. The van der Waals surface area contributed by atoms with Crippen molar-refractivity contribution in [3.05, 3.63) is 0 Å². The number of nitriles is 1. The normalized spacial score (nSPS) is 19.4. The van der Waals surface area contributed by atoms with E-state index in [9.17, 15) is 9.59 Å². The van der Waals surface area contributed by atoms with Crippen LogP contribution in [0.15, 0.2) is 0 Å². The zero-order chi connectivity index (χ0) is 14.1. The molecule has 0 aromatic carbocycles. The van der Waals surface area contributed by atoms with E-state index in [4.69, 9.17) is 5.26 Å². The van der Waals surface area contributed by atoms with Gasteiger partial charge in [0.15, 0.2) is 0 Å². The predicted octanol–water partition coefficient (Wildman–Crippen LogP) is -0.136. The highest BCUT2D eigenvalue weighted by Gasteiger charge is 2.23. The molecule has 6 heteroatoms. The van der Waals surface area contributed by atoms with Gasteiger partial charge in [0.2, 0.25) is 11.8 Å². The number of hydrogen-bond acceptors (Lipinski definition) is 4. The molecule has 106 valence electrons. The molecule has 0 spiro atoms. The lowest BCUT2D eigenvalue weighted by atomic mass is 9.97. The summed E-state index contributed by atoms with van der Waals surface area (Å²) in [5, 5.41) is 12.5. The number of nitrogens with zero attached hydrogens (tertiary/aromatic N) is 2. The number of amides is 2. The Morgan fingerprint density at radius 3 is 2.37 bits per heavy atom. The molecule has 0 bridgehead atoms. The summed E-state index contributed by atoms with van der Waals surface area (Å²) in [4.78, 5) is 25.4. The van der Waals surface area contributed by atoms with Gasteiger partial charge in [0, 0.05) is 25.6 Å². The molecule has 0 radical (unpaired) electrons. The molecule has 2 aliphatic heterocycles. The zero-order valence-corrected chi connectivity index (χ0v) is 11.2. The molecule has 0 aromatic heterocycles. The molecule has 0 unspecified atom stereocenters. The smallest absolute Gasteiger partial charge is 0.241 e. The van der Waals surface area contributed by atoms with E-state index in [1.54, 1.807) is 0 Å². The summed E-state index contributed by atoms with van der Waals surface area (Å²) < 4.78 is 0. The SMILES string of the molecule is C#N.O=C(NCC(=O)N1CCCC1)C1CCNCC1. The van der Waals surface area contributed by atoms with Crippen LogP contribution >= 0.6 is 0 Å². The van der Waals surface area contributed by atoms with Crippen molar-refractivity contribution in [1.82, 2.24) is 15.5 Å². The summed E-state index contributed by atoms with van der Waals surface area (Å²) in [6.45, 7) is 7.17. The van der Waals surface area contributed by atoms with E-state index in [0.717, 1.165) is 51.9 Å². The highest BCUT2D eigenvalue weighted by atomic mass is 16.2. The van der Waals surface area contributed by atoms with Crippen molar-refractivity contribution in [2.24, 2.45) is 5.92 Å². The first-order valence-electron chi connectivity index (χ1n) is 6.79. The molecule has 2 saturated heterocycles. The fourth-order valence-corrected chi connectivity index (χ4v) is 2.47. The molecule has 2 N–H and O–H groups in total. The Kier molecular flexibility index (Phi) is 6.90. The van der Waals surface area contributed by atoms with Crippen molar-refractivity contribution in [2.75, 3.05) is 32.7 Å². The second-order valence-corrected chi connectivity index (χ2v) is 4.83. The monoisotopic (exact) mass is 266 g/mol. The van der Waals surface area contributed by atoms with Gasteiger partial charge >= 0.3 is 0 Å². The molecule has 0 aliphatic carbocycles. The van der Waals surface area contributed by atoms with Gasteiger partial charge in [-0.1, -0.05) is 0 Å². The molecule has 0 saturated carbocycles. The van der Waals surface area contributed by atoms with Gasteiger partial charge in [0.1, 0.15) is 0 Å². The third kappa shape index (κ3) is 4.87. The molecule has 2 rings (SSSR count). The van der Waals surface area contributed by atoms with Gasteiger partial charge in [-0.2, -0.15) is 0 Å². The summed E-state index contributed by atoms with van der Waals surface area (Å²) >= 11 is 0. The van der Waals surface area contributed by atoms with Gasteiger partial charge in [-0.3, -0.25) is 9.59 Å². The Hall–Kier alpha value is -1.61. The van der Waals surface area contributed by atoms with Gasteiger partial charge in [-0.15, -0.1) is 0 Å². The van der Waals surface area contributed by atoms with E-state index < -0.39 is 0 Å². The lowest BCUT2D eigenvalue weighted by Gasteiger charge is -2.22. The first-order chi connectivity index (χ1) is 9.27. The van der Waals surface area contributed by atoms with Crippen molar-refractivity contribution in [3.63, 3.8) is 0 Å². The number of nitrogens with one attached hydrogen (secondary N) is 2. The Morgan fingerprint density at radius 1 is 1.21 bits per heavy atom. The Bertz CT molecular complexity index is 318. The maximum absolute atomic E-state index is 11.8. The fraction of sp³-hybridized carbons (Fsp3) is 0.769. The molecule has 2 heterocycles. The Morgan fingerprint density at radius 2 is 1.79 bits per heavy atom. The van der Waals surface area contributed by atoms with Gasteiger partial charge < -0.3 is 15.5 Å². The summed E-state index contributed by atoms with van der Waals surface area (Å²) in [5.74, 6) is 0.187. The second-order valence-electron chi connectivity index (χ2n) is 4.83. The molecule has 2 fully saturated rings. The average Bonchev–Trinajstić information content (AvgIpc) is 3.02. The lowest BCUT2D eigenvalue weighted by Crippen LogP contribution is -2.43. The quantitative estimate of drug-likeness (QED) is 0.745. The number of carbonyl (C=O) groups excluding carboxylic acids is 2. The average molecular weight is 266 g/mol. The van der Waals surface area contributed by atoms with Crippen LogP contribution in [-0.4, -0.2) is 49.4 Å². The number of likely N-dealkylation sites (tertiary alicyclic amines) is 1. The molecule has 6 nitrogen and oxygen atoms in total. The van der Waals surface area contributed by atoms with Crippen molar-refractivity contribution >= 4 is 11.8 Å². The van der Waals surface area contributed by atoms with Gasteiger partial charge in [-0.05, 0) is 38.8 Å². The van der Waals surface area contributed by atoms with Crippen molar-refractivity contribution < 1.29 is 9.59 Å². The fourth-order valence-electron chi connectivity index (χ4n) is 2.47. The maximum atomic E-state index is 11.8. The number of rotatable bonds is 3. The third-order valence-electron chi connectivity index (χ3n) is 3.58.